The highest BCUT2D eigenvalue weighted by atomic mass is 32.2. The summed E-state index contributed by atoms with van der Waals surface area (Å²) in [4.78, 5) is 19.5. The molecule has 0 aliphatic heterocycles. The molecule has 0 aliphatic rings. The van der Waals surface area contributed by atoms with Gasteiger partial charge in [-0.1, -0.05) is 4.40 Å². The molecule has 0 radical (unpaired) electrons. The molecule has 0 saturated carbocycles. The summed E-state index contributed by atoms with van der Waals surface area (Å²) in [6.45, 7) is -0.236. The normalized spacial score (nSPS) is 11.6. The number of rotatable bonds is 8. The first-order valence-electron chi connectivity index (χ1n) is 5.74. The Morgan fingerprint density at radius 2 is 1.77 bits per heavy atom. The molecule has 0 unspecified atom stereocenters. The van der Waals surface area contributed by atoms with E-state index in [1.54, 1.807) is 0 Å². The topological polar surface area (TPSA) is 153 Å². The second-order valence-electron chi connectivity index (χ2n) is 3.98. The van der Waals surface area contributed by atoms with E-state index in [0.717, 1.165) is 30.3 Å². The summed E-state index contributed by atoms with van der Waals surface area (Å²) in [5, 5.41) is 10.5. The lowest BCUT2D eigenvalue weighted by Crippen LogP contribution is -2.24. The van der Waals surface area contributed by atoms with Crippen molar-refractivity contribution in [2.75, 3.05) is 12.3 Å². The lowest BCUT2D eigenvalue weighted by Gasteiger charge is -2.04. The van der Waals surface area contributed by atoms with Crippen molar-refractivity contribution >= 4 is 31.8 Å². The second-order valence-corrected chi connectivity index (χ2v) is 7.51. The number of nitro benzene ring substituents is 1. The number of nitrogens with one attached hydrogen (secondary N) is 1. The van der Waals surface area contributed by atoms with Gasteiger partial charge in [-0.05, 0) is 18.6 Å². The van der Waals surface area contributed by atoms with E-state index in [0.29, 0.717) is 0 Å². The molecule has 0 bridgehead atoms. The monoisotopic (exact) mass is 349 g/mol. The number of nitrogens with zero attached hydrogens (tertiary/aromatic N) is 2. The first kappa shape index (κ1) is 17.9. The zero-order valence-electron chi connectivity index (χ0n) is 11.0. The molecule has 10 nitrogen and oxygen atoms in total. The lowest BCUT2D eigenvalue weighted by molar-refractivity contribution is -0.384. The molecule has 1 rings (SSSR count). The first-order valence-corrected chi connectivity index (χ1v) is 8.83. The smallest absolute Gasteiger partial charge is 0.258 e. The molecule has 0 aromatic heterocycles. The van der Waals surface area contributed by atoms with E-state index in [1.807, 2.05) is 4.72 Å². The quantitative estimate of drug-likeness (QED) is 0.226. The second kappa shape index (κ2) is 7.22. The highest BCUT2D eigenvalue weighted by Crippen LogP contribution is 2.17. The van der Waals surface area contributed by atoms with Gasteiger partial charge in [-0.15, -0.1) is 0 Å². The van der Waals surface area contributed by atoms with Gasteiger partial charge < -0.3 is 0 Å². The van der Waals surface area contributed by atoms with Crippen molar-refractivity contribution in [3.8, 4) is 0 Å². The third-order valence-electron chi connectivity index (χ3n) is 2.44. The summed E-state index contributed by atoms with van der Waals surface area (Å²) in [6, 6.07) is 4.34. The Hall–Kier alpha value is -2.14. The number of non-ortho nitro benzene ring substituents is 1. The van der Waals surface area contributed by atoms with Crippen LogP contribution in [0.15, 0.2) is 33.6 Å². The summed E-state index contributed by atoms with van der Waals surface area (Å²) in [5.74, 6) is -0.377. The lowest BCUT2D eigenvalue weighted by atomic mass is 10.3. The van der Waals surface area contributed by atoms with Gasteiger partial charge in [0, 0.05) is 18.7 Å². The largest absolute Gasteiger partial charge is 0.330 e. The van der Waals surface area contributed by atoms with Gasteiger partial charge in [0.25, 0.3) is 11.8 Å². The zero-order valence-corrected chi connectivity index (χ0v) is 12.6. The predicted molar refractivity (Wildman–Crippen MR) is 74.8 cm³/mol. The molecular formula is C10H11N3O7S2. The molecule has 0 amide bonds. The van der Waals surface area contributed by atoms with Crippen LogP contribution in [0.4, 0.5) is 5.69 Å². The standard InChI is InChI=1S/C10H11N3O7S2/c14-8-12-22(19,20)11-6-1-7-21(17,18)10-4-2-9(3-5-10)13(15)16/h2-5,11H,1,6-7H2. The number of hydrogen-bond acceptors (Lipinski definition) is 7. The third-order valence-corrected chi connectivity index (χ3v) is 5.14. The Balaban J connectivity index is 2.65. The molecule has 120 valence electrons. The summed E-state index contributed by atoms with van der Waals surface area (Å²) in [5.41, 5.74) is -0.238. The zero-order chi connectivity index (χ0) is 16.8. The molecule has 1 aromatic rings. The molecular weight excluding hydrogens is 338 g/mol. The van der Waals surface area contributed by atoms with Gasteiger partial charge in [0.05, 0.1) is 15.6 Å². The fraction of sp³-hybridized carbons (Fsp3) is 0.300. The van der Waals surface area contributed by atoms with Crippen LogP contribution in [0.25, 0.3) is 0 Å². The molecule has 1 aromatic carbocycles. The van der Waals surface area contributed by atoms with E-state index < -0.39 is 25.0 Å². The minimum Gasteiger partial charge on any atom is -0.258 e. The Morgan fingerprint density at radius 3 is 2.27 bits per heavy atom. The van der Waals surface area contributed by atoms with Gasteiger partial charge in [-0.25, -0.2) is 13.2 Å². The fourth-order valence-corrected chi connectivity index (χ4v) is 3.31. The first-order chi connectivity index (χ1) is 10.2. The molecule has 12 heteroatoms. The molecule has 0 heterocycles. The van der Waals surface area contributed by atoms with Crippen molar-refractivity contribution in [1.82, 2.24) is 4.72 Å². The van der Waals surface area contributed by atoms with Gasteiger partial charge in [-0.2, -0.15) is 13.1 Å². The van der Waals surface area contributed by atoms with Crippen LogP contribution in [-0.2, 0) is 24.8 Å². The van der Waals surface area contributed by atoms with Gasteiger partial charge in [0.2, 0.25) is 0 Å². The number of hydrogen-bond donors (Lipinski definition) is 1. The maximum atomic E-state index is 11.9. The van der Waals surface area contributed by atoms with Crippen molar-refractivity contribution in [1.29, 1.82) is 0 Å². The van der Waals surface area contributed by atoms with Crippen molar-refractivity contribution in [3.05, 3.63) is 34.4 Å². The van der Waals surface area contributed by atoms with E-state index >= 15 is 0 Å². The third kappa shape index (κ3) is 5.33. The van der Waals surface area contributed by atoms with Crippen LogP contribution in [0, 0.1) is 10.1 Å². The van der Waals surface area contributed by atoms with Gasteiger partial charge in [-0.3, -0.25) is 10.1 Å². The fourth-order valence-electron chi connectivity index (χ4n) is 1.44. The highest BCUT2D eigenvalue weighted by Gasteiger charge is 2.16. The average molecular weight is 349 g/mol. The van der Waals surface area contributed by atoms with Crippen molar-refractivity contribution < 1.29 is 26.6 Å². The van der Waals surface area contributed by atoms with Crippen LogP contribution in [0.5, 0.6) is 0 Å². The molecule has 1 N–H and O–H groups in total. The number of benzene rings is 1. The van der Waals surface area contributed by atoms with Crippen molar-refractivity contribution in [3.63, 3.8) is 0 Å². The predicted octanol–water partition coefficient (Wildman–Crippen LogP) is -0.0712. The molecule has 0 saturated heterocycles. The van der Waals surface area contributed by atoms with Crippen LogP contribution in [0.3, 0.4) is 0 Å². The molecule has 0 spiro atoms. The van der Waals surface area contributed by atoms with Crippen LogP contribution < -0.4 is 4.72 Å². The SMILES string of the molecule is O=C=NS(=O)(=O)NCCCS(=O)(=O)c1ccc([N+](=O)[O-])cc1. The number of nitro groups is 1. The Morgan fingerprint density at radius 1 is 1.18 bits per heavy atom. The van der Waals surface area contributed by atoms with Crippen LogP contribution >= 0.6 is 0 Å². The van der Waals surface area contributed by atoms with Crippen LogP contribution in [0.2, 0.25) is 0 Å². The Labute approximate surface area is 126 Å². The van der Waals surface area contributed by atoms with Crippen molar-refractivity contribution in [2.45, 2.75) is 11.3 Å². The Kier molecular flexibility index (Phi) is 5.88. The number of sulfone groups is 1. The minimum absolute atomic E-state index is 0.0626. The highest BCUT2D eigenvalue weighted by molar-refractivity contribution is 7.91. The van der Waals surface area contributed by atoms with Gasteiger partial charge >= 0.3 is 10.2 Å². The van der Waals surface area contributed by atoms with E-state index in [2.05, 4.69) is 4.40 Å². The van der Waals surface area contributed by atoms with E-state index in [1.165, 1.54) is 0 Å². The van der Waals surface area contributed by atoms with Gasteiger partial charge in [0.1, 0.15) is 0 Å². The molecule has 0 fully saturated rings. The minimum atomic E-state index is -4.15. The number of carbonyl (C=O) groups excluding carboxylic acids is 1. The van der Waals surface area contributed by atoms with E-state index in [9.17, 15) is 31.7 Å². The summed E-state index contributed by atoms with van der Waals surface area (Å²) < 4.78 is 50.2. The molecule has 0 atom stereocenters. The van der Waals surface area contributed by atoms with Crippen LogP contribution in [0.1, 0.15) is 6.42 Å². The summed E-state index contributed by atoms with van der Waals surface area (Å²) >= 11 is 0. The summed E-state index contributed by atoms with van der Waals surface area (Å²) in [6.07, 6.45) is 0.794. The Bertz CT molecular complexity index is 793. The summed E-state index contributed by atoms with van der Waals surface area (Å²) in [7, 11) is -7.85. The van der Waals surface area contributed by atoms with E-state index in [-0.39, 0.29) is 29.3 Å². The maximum absolute atomic E-state index is 11.9. The average Bonchev–Trinajstić information content (AvgIpc) is 2.44. The van der Waals surface area contributed by atoms with E-state index in [4.69, 9.17) is 0 Å². The number of isocyanates is 1. The van der Waals surface area contributed by atoms with Crippen molar-refractivity contribution in [2.24, 2.45) is 4.40 Å². The van der Waals surface area contributed by atoms with Gasteiger partial charge in [0.15, 0.2) is 9.84 Å². The molecule has 0 aliphatic carbocycles. The molecule has 22 heavy (non-hydrogen) atoms. The maximum Gasteiger partial charge on any atom is 0.330 e. The van der Waals surface area contributed by atoms with Crippen LogP contribution in [-0.4, -0.2) is 40.1 Å².